The van der Waals surface area contributed by atoms with Crippen molar-refractivity contribution in [1.82, 2.24) is 9.97 Å². The molecule has 0 amide bonds. The molecule has 5 heteroatoms. The predicted molar refractivity (Wildman–Crippen MR) is 75.0 cm³/mol. The van der Waals surface area contributed by atoms with Gasteiger partial charge in [0.05, 0.1) is 0 Å². The van der Waals surface area contributed by atoms with Crippen LogP contribution in [0.5, 0.6) is 0 Å². The summed E-state index contributed by atoms with van der Waals surface area (Å²) < 4.78 is 0. The molecule has 1 atom stereocenters. The molecule has 1 aromatic heterocycles. The Labute approximate surface area is 112 Å². The van der Waals surface area contributed by atoms with Crippen LogP contribution in [0.1, 0.15) is 32.0 Å². The van der Waals surface area contributed by atoms with Crippen molar-refractivity contribution in [2.45, 2.75) is 37.9 Å². The van der Waals surface area contributed by atoms with Crippen molar-refractivity contribution in [3.05, 3.63) is 17.0 Å². The molecule has 0 saturated carbocycles. The summed E-state index contributed by atoms with van der Waals surface area (Å²) >= 11 is 8.03. The Morgan fingerprint density at radius 3 is 3.12 bits per heavy atom. The molecule has 0 bridgehead atoms. The van der Waals surface area contributed by atoms with Gasteiger partial charge in [0.2, 0.25) is 0 Å². The minimum atomic E-state index is 0.532. The number of aryl methyl sites for hydroxylation is 1. The van der Waals surface area contributed by atoms with Crippen molar-refractivity contribution in [3.8, 4) is 0 Å². The highest BCUT2D eigenvalue weighted by atomic mass is 35.5. The fraction of sp³-hybridized carbons (Fsp3) is 0.667. The van der Waals surface area contributed by atoms with Crippen LogP contribution in [0.2, 0.25) is 5.15 Å². The molecule has 0 aromatic carbocycles. The Morgan fingerprint density at radius 2 is 2.41 bits per heavy atom. The number of hydrogen-bond acceptors (Lipinski definition) is 4. The van der Waals surface area contributed by atoms with Gasteiger partial charge in [0.25, 0.3) is 0 Å². The highest BCUT2D eigenvalue weighted by molar-refractivity contribution is 8.00. The van der Waals surface area contributed by atoms with Crippen LogP contribution in [0.25, 0.3) is 0 Å². The van der Waals surface area contributed by atoms with E-state index in [2.05, 4.69) is 22.2 Å². The van der Waals surface area contributed by atoms with E-state index in [4.69, 9.17) is 11.6 Å². The molecule has 1 saturated heterocycles. The Hall–Kier alpha value is -0.480. The van der Waals surface area contributed by atoms with E-state index in [0.717, 1.165) is 36.3 Å². The molecule has 17 heavy (non-hydrogen) atoms. The zero-order valence-electron chi connectivity index (χ0n) is 10.1. The smallest absolute Gasteiger partial charge is 0.134 e. The maximum Gasteiger partial charge on any atom is 0.134 e. The molecule has 3 nitrogen and oxygen atoms in total. The van der Waals surface area contributed by atoms with Gasteiger partial charge in [0, 0.05) is 24.3 Å². The van der Waals surface area contributed by atoms with E-state index < -0.39 is 0 Å². The molecule has 1 unspecified atom stereocenters. The summed E-state index contributed by atoms with van der Waals surface area (Å²) in [5.74, 6) is 2.99. The predicted octanol–water partition coefficient (Wildman–Crippen LogP) is 3.39. The van der Waals surface area contributed by atoms with E-state index in [1.807, 2.05) is 11.8 Å². The molecular formula is C12H18ClN3S. The number of rotatable bonds is 5. The summed E-state index contributed by atoms with van der Waals surface area (Å²) in [6.07, 6.45) is 4.56. The molecule has 1 fully saturated rings. The van der Waals surface area contributed by atoms with Crippen LogP contribution in [0.15, 0.2) is 6.07 Å². The molecule has 1 aliphatic rings. The second kappa shape index (κ2) is 6.45. The number of thioether (sulfide) groups is 1. The Balaban J connectivity index is 1.94. The normalized spacial score (nSPS) is 19.5. The first kappa shape index (κ1) is 13.0. The van der Waals surface area contributed by atoms with Crippen molar-refractivity contribution < 1.29 is 0 Å². The monoisotopic (exact) mass is 271 g/mol. The summed E-state index contributed by atoms with van der Waals surface area (Å²) in [6.45, 7) is 3.09. The lowest BCUT2D eigenvalue weighted by Crippen LogP contribution is -2.15. The standard InChI is InChI=1S/C12H18ClN3S/c1-2-4-11-15-10(13)7-12(16-11)14-8-9-5-3-6-17-9/h7,9H,2-6,8H2,1H3,(H,14,15,16). The summed E-state index contributed by atoms with van der Waals surface area (Å²) in [5, 5.41) is 4.62. The molecule has 94 valence electrons. The highest BCUT2D eigenvalue weighted by Crippen LogP contribution is 2.26. The van der Waals surface area contributed by atoms with Crippen LogP contribution in [-0.4, -0.2) is 27.5 Å². The molecule has 2 rings (SSSR count). The van der Waals surface area contributed by atoms with Gasteiger partial charge in [-0.1, -0.05) is 18.5 Å². The average Bonchev–Trinajstić information content (AvgIpc) is 2.79. The summed E-state index contributed by atoms with van der Waals surface area (Å²) in [7, 11) is 0. The molecule has 0 aliphatic carbocycles. The van der Waals surface area contributed by atoms with Crippen LogP contribution in [0.3, 0.4) is 0 Å². The van der Waals surface area contributed by atoms with Gasteiger partial charge in [-0.3, -0.25) is 0 Å². The quantitative estimate of drug-likeness (QED) is 0.833. The zero-order valence-corrected chi connectivity index (χ0v) is 11.7. The number of aromatic nitrogens is 2. The van der Waals surface area contributed by atoms with Crippen LogP contribution < -0.4 is 5.32 Å². The lowest BCUT2D eigenvalue weighted by atomic mass is 10.2. The molecule has 1 aliphatic heterocycles. The van der Waals surface area contributed by atoms with Gasteiger partial charge in [0.15, 0.2) is 0 Å². The fourth-order valence-electron chi connectivity index (χ4n) is 1.91. The van der Waals surface area contributed by atoms with Crippen LogP contribution in [0, 0.1) is 0 Å². The topological polar surface area (TPSA) is 37.8 Å². The van der Waals surface area contributed by atoms with E-state index in [1.165, 1.54) is 18.6 Å². The SMILES string of the molecule is CCCc1nc(Cl)cc(NCC2CCCS2)n1. The van der Waals surface area contributed by atoms with E-state index in [1.54, 1.807) is 6.07 Å². The third kappa shape index (κ3) is 4.03. The minimum absolute atomic E-state index is 0.532. The molecule has 0 radical (unpaired) electrons. The molecule has 1 aromatic rings. The van der Waals surface area contributed by atoms with E-state index in [9.17, 15) is 0 Å². The van der Waals surface area contributed by atoms with Gasteiger partial charge in [-0.2, -0.15) is 11.8 Å². The first-order chi connectivity index (χ1) is 8.28. The number of halogens is 1. The van der Waals surface area contributed by atoms with Crippen LogP contribution in [0.4, 0.5) is 5.82 Å². The van der Waals surface area contributed by atoms with Crippen molar-refractivity contribution in [2.24, 2.45) is 0 Å². The molecule has 0 spiro atoms. The third-order valence-electron chi connectivity index (χ3n) is 2.75. The van der Waals surface area contributed by atoms with Gasteiger partial charge in [-0.05, 0) is 25.0 Å². The number of nitrogens with zero attached hydrogens (tertiary/aromatic N) is 2. The Morgan fingerprint density at radius 1 is 1.53 bits per heavy atom. The van der Waals surface area contributed by atoms with Gasteiger partial charge < -0.3 is 5.32 Å². The van der Waals surface area contributed by atoms with E-state index in [0.29, 0.717) is 5.15 Å². The zero-order chi connectivity index (χ0) is 12.1. The second-order valence-electron chi connectivity index (χ2n) is 4.26. The summed E-state index contributed by atoms with van der Waals surface area (Å²) in [5.41, 5.74) is 0. The first-order valence-corrected chi connectivity index (χ1v) is 7.59. The Bertz CT molecular complexity index is 367. The van der Waals surface area contributed by atoms with Crippen molar-refractivity contribution in [3.63, 3.8) is 0 Å². The van der Waals surface area contributed by atoms with Gasteiger partial charge in [-0.25, -0.2) is 9.97 Å². The first-order valence-electron chi connectivity index (χ1n) is 6.17. The van der Waals surface area contributed by atoms with E-state index >= 15 is 0 Å². The third-order valence-corrected chi connectivity index (χ3v) is 4.34. The number of anilines is 1. The number of nitrogens with one attached hydrogen (secondary N) is 1. The maximum atomic E-state index is 5.98. The largest absolute Gasteiger partial charge is 0.369 e. The highest BCUT2D eigenvalue weighted by Gasteiger charge is 2.15. The molecule has 2 heterocycles. The molecular weight excluding hydrogens is 254 g/mol. The van der Waals surface area contributed by atoms with Gasteiger partial charge >= 0.3 is 0 Å². The summed E-state index contributed by atoms with van der Waals surface area (Å²) in [4.78, 5) is 8.68. The average molecular weight is 272 g/mol. The Kier molecular flexibility index (Phi) is 4.92. The maximum absolute atomic E-state index is 5.98. The minimum Gasteiger partial charge on any atom is -0.369 e. The van der Waals surface area contributed by atoms with Crippen molar-refractivity contribution in [1.29, 1.82) is 0 Å². The van der Waals surface area contributed by atoms with Crippen molar-refractivity contribution >= 4 is 29.2 Å². The fourth-order valence-corrected chi connectivity index (χ4v) is 3.32. The number of hydrogen-bond donors (Lipinski definition) is 1. The molecule has 1 N–H and O–H groups in total. The lowest BCUT2D eigenvalue weighted by molar-refractivity contribution is 0.797. The van der Waals surface area contributed by atoms with Crippen LogP contribution >= 0.6 is 23.4 Å². The second-order valence-corrected chi connectivity index (χ2v) is 6.05. The van der Waals surface area contributed by atoms with E-state index in [-0.39, 0.29) is 0 Å². The van der Waals surface area contributed by atoms with Crippen molar-refractivity contribution in [2.75, 3.05) is 17.6 Å². The summed E-state index contributed by atoms with van der Waals surface area (Å²) in [6, 6.07) is 1.81. The lowest BCUT2D eigenvalue weighted by Gasteiger charge is -2.11. The van der Waals surface area contributed by atoms with Gasteiger partial charge in [0.1, 0.15) is 16.8 Å². The van der Waals surface area contributed by atoms with Crippen LogP contribution in [-0.2, 0) is 6.42 Å². The van der Waals surface area contributed by atoms with Gasteiger partial charge in [-0.15, -0.1) is 0 Å².